The Balaban J connectivity index is 1.72. The van der Waals surface area contributed by atoms with Gasteiger partial charge >= 0.3 is 5.69 Å². The molecule has 5 rings (SSSR count). The second-order valence-electron chi connectivity index (χ2n) is 7.98. The van der Waals surface area contributed by atoms with Crippen molar-refractivity contribution in [2.45, 2.75) is 45.4 Å². The zero-order valence-corrected chi connectivity index (χ0v) is 18.8. The molecule has 3 aromatic rings. The molecule has 1 aromatic carbocycles. The van der Waals surface area contributed by atoms with Crippen LogP contribution in [0.2, 0.25) is 5.02 Å². The van der Waals surface area contributed by atoms with Crippen LogP contribution in [-0.4, -0.2) is 43.2 Å². The first-order valence-corrected chi connectivity index (χ1v) is 11.2. The van der Waals surface area contributed by atoms with Gasteiger partial charge in [0.2, 0.25) is 12.7 Å². The van der Waals surface area contributed by atoms with Gasteiger partial charge in [0.15, 0.2) is 22.7 Å². The van der Waals surface area contributed by atoms with Gasteiger partial charge in [-0.05, 0) is 31.4 Å². The number of imidazole rings is 1. The van der Waals surface area contributed by atoms with E-state index in [0.29, 0.717) is 22.5 Å². The number of ether oxygens (including phenoxy) is 2. The van der Waals surface area contributed by atoms with E-state index in [1.807, 2.05) is 0 Å². The van der Waals surface area contributed by atoms with E-state index >= 15 is 0 Å². The summed E-state index contributed by atoms with van der Waals surface area (Å²) in [5.74, 6) is 1.61. The summed E-state index contributed by atoms with van der Waals surface area (Å²) in [5.41, 5.74) is 0.286. The number of aliphatic hydroxyl groups excluding tert-OH is 1. The van der Waals surface area contributed by atoms with Crippen molar-refractivity contribution in [2.24, 2.45) is 0 Å². The fraction of sp³-hybridized carbons (Fsp3) is 0.409. The molecule has 0 saturated heterocycles. The summed E-state index contributed by atoms with van der Waals surface area (Å²) < 4.78 is 15.1. The molecule has 3 heterocycles. The molecule has 0 fully saturated rings. The average molecular weight is 474 g/mol. The molecule has 2 aromatic heterocycles. The first-order chi connectivity index (χ1) is 16.0. The van der Waals surface area contributed by atoms with Crippen molar-refractivity contribution in [2.75, 3.05) is 18.7 Å². The Kier molecular flexibility index (Phi) is 5.63. The van der Waals surface area contributed by atoms with Crippen molar-refractivity contribution in [1.29, 1.82) is 0 Å². The Morgan fingerprint density at radius 3 is 2.58 bits per heavy atom. The van der Waals surface area contributed by atoms with Crippen LogP contribution in [0, 0.1) is 0 Å². The highest BCUT2D eigenvalue weighted by Gasteiger charge is 2.24. The van der Waals surface area contributed by atoms with Crippen LogP contribution < -0.4 is 26.0 Å². The number of aliphatic hydroxyl groups is 1. The maximum absolute atomic E-state index is 13.4. The molecule has 0 radical (unpaired) electrons. The number of rotatable bonds is 7. The van der Waals surface area contributed by atoms with Gasteiger partial charge in [-0.2, -0.15) is 4.98 Å². The fourth-order valence-electron chi connectivity index (χ4n) is 4.30. The molecule has 1 aliphatic heterocycles. The van der Waals surface area contributed by atoms with Crippen LogP contribution in [0.15, 0.2) is 33.9 Å². The standard InChI is InChI=1S/C22H24ClN5O5/c1-2-26-20(30)18-19(27(7-8-29)22(26)31)25-21(24-14-5-3-4-6-14)28(18)11-13-9-16-17(10-15(13)23)33-12-32-16/h3-4,9-10,14,29H,2,5-8,11-12H2,1H3,(H,24,25). The van der Waals surface area contributed by atoms with Gasteiger partial charge in [0.1, 0.15) is 0 Å². The van der Waals surface area contributed by atoms with Gasteiger partial charge in [-0.1, -0.05) is 23.8 Å². The highest BCUT2D eigenvalue weighted by molar-refractivity contribution is 6.31. The molecular weight excluding hydrogens is 450 g/mol. The van der Waals surface area contributed by atoms with Gasteiger partial charge < -0.3 is 19.9 Å². The average Bonchev–Trinajstić information content (AvgIpc) is 3.53. The summed E-state index contributed by atoms with van der Waals surface area (Å²) in [5, 5.41) is 13.4. The summed E-state index contributed by atoms with van der Waals surface area (Å²) in [6.07, 6.45) is 5.84. The SMILES string of the molecule is CCn1c(=O)c2c(nc(NC3CC=CC3)n2Cc2cc3c(cc2Cl)OCO3)n(CCO)c1=O. The summed E-state index contributed by atoms with van der Waals surface area (Å²) >= 11 is 6.53. The number of aromatic nitrogens is 4. The van der Waals surface area contributed by atoms with E-state index in [1.165, 1.54) is 4.57 Å². The van der Waals surface area contributed by atoms with Crippen molar-refractivity contribution in [3.8, 4) is 11.5 Å². The first kappa shape index (κ1) is 21.6. The van der Waals surface area contributed by atoms with E-state index < -0.39 is 11.2 Å². The molecule has 0 atom stereocenters. The number of nitrogens with one attached hydrogen (secondary N) is 1. The van der Waals surface area contributed by atoms with Crippen LogP contribution in [0.4, 0.5) is 5.95 Å². The second kappa shape index (κ2) is 8.60. The molecular formula is C22H24ClN5O5. The molecule has 0 amide bonds. The third kappa shape index (κ3) is 3.68. The molecule has 33 heavy (non-hydrogen) atoms. The minimum absolute atomic E-state index is 0.0296. The van der Waals surface area contributed by atoms with E-state index in [4.69, 9.17) is 21.1 Å². The lowest BCUT2D eigenvalue weighted by Crippen LogP contribution is -2.40. The molecule has 0 bridgehead atoms. The lowest BCUT2D eigenvalue weighted by molar-refractivity contribution is 0.174. The molecule has 0 spiro atoms. The monoisotopic (exact) mass is 473 g/mol. The zero-order chi connectivity index (χ0) is 23.1. The van der Waals surface area contributed by atoms with Crippen molar-refractivity contribution >= 4 is 28.7 Å². The topological polar surface area (TPSA) is 113 Å². The van der Waals surface area contributed by atoms with Gasteiger partial charge in [0.05, 0.1) is 19.7 Å². The number of benzene rings is 1. The Labute approximate surface area is 193 Å². The number of anilines is 1. The molecule has 2 aliphatic rings. The van der Waals surface area contributed by atoms with E-state index in [0.717, 1.165) is 23.0 Å². The van der Waals surface area contributed by atoms with Crippen molar-refractivity contribution in [1.82, 2.24) is 18.7 Å². The van der Waals surface area contributed by atoms with Crippen LogP contribution in [-0.2, 0) is 19.6 Å². The highest BCUT2D eigenvalue weighted by Crippen LogP contribution is 2.37. The minimum atomic E-state index is -0.496. The highest BCUT2D eigenvalue weighted by atomic mass is 35.5. The number of nitrogens with zero attached hydrogens (tertiary/aromatic N) is 4. The second-order valence-corrected chi connectivity index (χ2v) is 8.39. The first-order valence-electron chi connectivity index (χ1n) is 10.9. The largest absolute Gasteiger partial charge is 0.454 e. The van der Waals surface area contributed by atoms with Gasteiger partial charge in [0.25, 0.3) is 5.56 Å². The normalized spacial score (nSPS) is 15.1. The van der Waals surface area contributed by atoms with E-state index in [2.05, 4.69) is 22.5 Å². The number of halogens is 1. The molecule has 2 N–H and O–H groups in total. The molecule has 10 nitrogen and oxygen atoms in total. The predicted octanol–water partition coefficient (Wildman–Crippen LogP) is 1.93. The smallest absolute Gasteiger partial charge is 0.332 e. The Morgan fingerprint density at radius 1 is 1.15 bits per heavy atom. The number of hydrogen-bond donors (Lipinski definition) is 2. The van der Waals surface area contributed by atoms with Crippen LogP contribution in [0.25, 0.3) is 11.2 Å². The lowest BCUT2D eigenvalue weighted by Gasteiger charge is -2.16. The summed E-state index contributed by atoms with van der Waals surface area (Å²) in [4.78, 5) is 30.9. The Bertz CT molecular complexity index is 1360. The third-order valence-corrected chi connectivity index (χ3v) is 6.32. The van der Waals surface area contributed by atoms with E-state index in [1.54, 1.807) is 23.6 Å². The van der Waals surface area contributed by atoms with Gasteiger partial charge in [-0.25, -0.2) is 4.79 Å². The predicted molar refractivity (Wildman–Crippen MR) is 123 cm³/mol. The van der Waals surface area contributed by atoms with Gasteiger partial charge in [-0.15, -0.1) is 0 Å². The van der Waals surface area contributed by atoms with Crippen LogP contribution >= 0.6 is 11.6 Å². The van der Waals surface area contributed by atoms with Gasteiger partial charge in [-0.3, -0.25) is 18.5 Å². The Morgan fingerprint density at radius 2 is 1.88 bits per heavy atom. The van der Waals surface area contributed by atoms with Crippen molar-refractivity contribution < 1.29 is 14.6 Å². The quantitative estimate of drug-likeness (QED) is 0.504. The zero-order valence-electron chi connectivity index (χ0n) is 18.1. The number of fused-ring (bicyclic) bond motifs is 2. The molecule has 11 heteroatoms. The minimum Gasteiger partial charge on any atom is -0.454 e. The Hall–Kier alpha value is -3.24. The lowest BCUT2D eigenvalue weighted by atomic mass is 10.2. The summed E-state index contributed by atoms with van der Waals surface area (Å²) in [6, 6.07) is 3.61. The van der Waals surface area contributed by atoms with Crippen molar-refractivity contribution in [3.05, 3.63) is 55.7 Å². The molecule has 174 valence electrons. The van der Waals surface area contributed by atoms with E-state index in [-0.39, 0.29) is 50.2 Å². The van der Waals surface area contributed by atoms with Crippen LogP contribution in [0.1, 0.15) is 25.3 Å². The fourth-order valence-corrected chi connectivity index (χ4v) is 4.52. The van der Waals surface area contributed by atoms with Crippen LogP contribution in [0.3, 0.4) is 0 Å². The van der Waals surface area contributed by atoms with E-state index in [9.17, 15) is 14.7 Å². The van der Waals surface area contributed by atoms with Gasteiger partial charge in [0, 0.05) is 23.7 Å². The molecule has 0 saturated carbocycles. The third-order valence-electron chi connectivity index (χ3n) is 5.97. The summed E-state index contributed by atoms with van der Waals surface area (Å²) in [7, 11) is 0. The molecule has 0 unspecified atom stereocenters. The molecule has 1 aliphatic carbocycles. The van der Waals surface area contributed by atoms with Crippen molar-refractivity contribution in [3.63, 3.8) is 0 Å². The number of hydrogen-bond acceptors (Lipinski definition) is 7. The van der Waals surface area contributed by atoms with Crippen LogP contribution in [0.5, 0.6) is 11.5 Å². The maximum Gasteiger partial charge on any atom is 0.332 e. The maximum atomic E-state index is 13.4. The summed E-state index contributed by atoms with van der Waals surface area (Å²) in [6.45, 7) is 2.06.